The Bertz CT molecular complexity index is 96.8. The predicted molar refractivity (Wildman–Crippen MR) is 54.3 cm³/mol. The molecule has 2 nitrogen and oxygen atoms in total. The fraction of sp³-hybridized carbons (Fsp3) is 1.00. The maximum absolute atomic E-state index is 3.50. The highest BCUT2D eigenvalue weighted by molar-refractivity contribution is 6.28. The molecule has 11 heavy (non-hydrogen) atoms. The van der Waals surface area contributed by atoms with Crippen LogP contribution in [0.1, 0.15) is 34.6 Å². The second-order valence-corrected chi connectivity index (χ2v) is 5.66. The van der Waals surface area contributed by atoms with E-state index in [1.807, 2.05) is 0 Å². The lowest BCUT2D eigenvalue weighted by atomic mass is 10.1. The van der Waals surface area contributed by atoms with Gasteiger partial charge in [-0.3, -0.25) is 0 Å². The van der Waals surface area contributed by atoms with Gasteiger partial charge in [0.2, 0.25) is 0 Å². The van der Waals surface area contributed by atoms with Crippen LogP contribution in [-0.2, 0) is 0 Å². The average Bonchev–Trinajstić information content (AvgIpc) is 1.78. The first kappa shape index (κ1) is 11.1. The number of nitrogens with one attached hydrogen (secondary N) is 2. The van der Waals surface area contributed by atoms with Crippen molar-refractivity contribution in [2.75, 3.05) is 6.54 Å². The smallest absolute Gasteiger partial charge is 0.168 e. The fourth-order valence-electron chi connectivity index (χ4n) is 0.689. The molecule has 3 heteroatoms. The first-order valence-electron chi connectivity index (χ1n) is 4.37. The second-order valence-electron chi connectivity index (χ2n) is 4.45. The van der Waals surface area contributed by atoms with Gasteiger partial charge in [0, 0.05) is 5.54 Å². The largest absolute Gasteiger partial charge is 0.330 e. The van der Waals surface area contributed by atoms with Crippen molar-refractivity contribution in [2.45, 2.75) is 40.2 Å². The summed E-state index contributed by atoms with van der Waals surface area (Å²) < 4.78 is 0. The summed E-state index contributed by atoms with van der Waals surface area (Å²) in [5.41, 5.74) is 0.288. The summed E-state index contributed by atoms with van der Waals surface area (Å²) in [6.07, 6.45) is 0. The van der Waals surface area contributed by atoms with Crippen molar-refractivity contribution in [2.24, 2.45) is 5.92 Å². The van der Waals surface area contributed by atoms with Crippen molar-refractivity contribution in [1.29, 1.82) is 0 Å². The highest BCUT2D eigenvalue weighted by atomic mass is 28.2. The third-order valence-corrected chi connectivity index (χ3v) is 3.07. The van der Waals surface area contributed by atoms with E-state index in [0.717, 1.165) is 12.5 Å². The normalized spacial score (nSPS) is 13.6. The molecule has 0 fully saturated rings. The summed E-state index contributed by atoms with van der Waals surface area (Å²) in [5, 5.41) is 0. The summed E-state index contributed by atoms with van der Waals surface area (Å²) in [6.45, 7) is 12.2. The first-order chi connectivity index (χ1) is 4.92. The zero-order chi connectivity index (χ0) is 8.91. The molecule has 0 aromatic rings. The number of rotatable bonds is 4. The zero-order valence-corrected chi connectivity index (χ0v) is 9.91. The predicted octanol–water partition coefficient (Wildman–Crippen LogP) is 0.619. The Morgan fingerprint density at radius 2 is 1.82 bits per heavy atom. The van der Waals surface area contributed by atoms with Gasteiger partial charge in [-0.2, -0.15) is 0 Å². The Morgan fingerprint density at radius 3 is 2.18 bits per heavy atom. The minimum atomic E-state index is -0.236. The van der Waals surface area contributed by atoms with E-state index in [-0.39, 0.29) is 15.4 Å². The van der Waals surface area contributed by atoms with Crippen molar-refractivity contribution < 1.29 is 0 Å². The third-order valence-electron chi connectivity index (χ3n) is 1.30. The van der Waals surface area contributed by atoms with Crippen LogP contribution in [0.15, 0.2) is 0 Å². The van der Waals surface area contributed by atoms with E-state index in [0.29, 0.717) is 0 Å². The van der Waals surface area contributed by atoms with E-state index in [2.05, 4.69) is 44.6 Å². The van der Waals surface area contributed by atoms with Gasteiger partial charge < -0.3 is 9.96 Å². The van der Waals surface area contributed by atoms with Crippen LogP contribution in [0.4, 0.5) is 0 Å². The van der Waals surface area contributed by atoms with E-state index < -0.39 is 0 Å². The molecule has 2 N–H and O–H groups in total. The van der Waals surface area contributed by atoms with Gasteiger partial charge in [-0.05, 0) is 33.2 Å². The lowest BCUT2D eigenvalue weighted by Crippen LogP contribution is -2.45. The average molecular weight is 174 g/mol. The van der Waals surface area contributed by atoms with Gasteiger partial charge in [0.05, 0.1) is 0 Å². The molecule has 0 aliphatic heterocycles. The molecule has 0 aromatic heterocycles. The molecule has 0 rings (SSSR count). The lowest BCUT2D eigenvalue weighted by Gasteiger charge is -2.21. The number of hydrogen-bond donors (Lipinski definition) is 2. The van der Waals surface area contributed by atoms with E-state index >= 15 is 0 Å². The topological polar surface area (TPSA) is 24.1 Å². The van der Waals surface area contributed by atoms with Crippen molar-refractivity contribution >= 4 is 9.84 Å². The Balaban J connectivity index is 3.15. The molecule has 0 unspecified atom stereocenters. The standard InChI is InChI=1S/C8H22N2Si/c1-7(2)6-9-11-10-8(3,4)5/h7,9-10H,6,11H2,1-5H3. The van der Waals surface area contributed by atoms with E-state index in [4.69, 9.17) is 0 Å². The van der Waals surface area contributed by atoms with Gasteiger partial charge in [-0.1, -0.05) is 13.8 Å². The fourth-order valence-corrected chi connectivity index (χ4v) is 2.07. The highest BCUT2D eigenvalue weighted by Crippen LogP contribution is 1.95. The van der Waals surface area contributed by atoms with Crippen LogP contribution in [0.25, 0.3) is 0 Å². The monoisotopic (exact) mass is 174 g/mol. The van der Waals surface area contributed by atoms with Gasteiger partial charge in [-0.15, -0.1) is 0 Å². The summed E-state index contributed by atoms with van der Waals surface area (Å²) in [4.78, 5) is 6.97. The van der Waals surface area contributed by atoms with E-state index in [9.17, 15) is 0 Å². The van der Waals surface area contributed by atoms with Gasteiger partial charge in [0.1, 0.15) is 0 Å². The Morgan fingerprint density at radius 1 is 1.27 bits per heavy atom. The SMILES string of the molecule is CC(C)CN[SiH2]NC(C)(C)C. The summed E-state index contributed by atoms with van der Waals surface area (Å²) in [6, 6.07) is 0. The van der Waals surface area contributed by atoms with Gasteiger partial charge in [0.25, 0.3) is 0 Å². The van der Waals surface area contributed by atoms with Crippen molar-refractivity contribution in [3.8, 4) is 0 Å². The molecule has 0 aliphatic rings. The maximum atomic E-state index is 3.50. The van der Waals surface area contributed by atoms with E-state index in [1.165, 1.54) is 0 Å². The molecule has 0 spiro atoms. The van der Waals surface area contributed by atoms with Crippen LogP contribution >= 0.6 is 0 Å². The maximum Gasteiger partial charge on any atom is 0.168 e. The van der Waals surface area contributed by atoms with Gasteiger partial charge in [-0.25, -0.2) is 0 Å². The first-order valence-corrected chi connectivity index (χ1v) is 5.79. The molecule has 0 bridgehead atoms. The van der Waals surface area contributed by atoms with Crippen LogP contribution in [-0.4, -0.2) is 21.9 Å². The van der Waals surface area contributed by atoms with Crippen LogP contribution in [0.5, 0.6) is 0 Å². The molecule has 0 aliphatic carbocycles. The Labute approximate surface area is 73.1 Å². The van der Waals surface area contributed by atoms with Crippen LogP contribution in [0, 0.1) is 5.92 Å². The Kier molecular flexibility index (Phi) is 4.96. The molecular weight excluding hydrogens is 152 g/mol. The number of hydrogen-bond acceptors (Lipinski definition) is 2. The summed E-state index contributed by atoms with van der Waals surface area (Å²) in [5.74, 6) is 0.768. The van der Waals surface area contributed by atoms with Crippen LogP contribution in [0.3, 0.4) is 0 Å². The van der Waals surface area contributed by atoms with Crippen molar-refractivity contribution in [3.63, 3.8) is 0 Å². The molecule has 0 saturated heterocycles. The lowest BCUT2D eigenvalue weighted by molar-refractivity contribution is 0.515. The molecule has 0 aromatic carbocycles. The molecule has 0 heterocycles. The highest BCUT2D eigenvalue weighted by Gasteiger charge is 2.06. The quantitative estimate of drug-likeness (QED) is 0.482. The van der Waals surface area contributed by atoms with E-state index in [1.54, 1.807) is 0 Å². The minimum absolute atomic E-state index is 0.236. The minimum Gasteiger partial charge on any atom is -0.330 e. The molecular formula is C8H22N2Si. The molecule has 0 saturated carbocycles. The van der Waals surface area contributed by atoms with Crippen molar-refractivity contribution in [1.82, 2.24) is 9.96 Å². The summed E-state index contributed by atoms with van der Waals surface area (Å²) in [7, 11) is -0.236. The second kappa shape index (κ2) is 4.90. The van der Waals surface area contributed by atoms with Gasteiger partial charge in [0.15, 0.2) is 9.84 Å². The Hall–Kier alpha value is 0.137. The van der Waals surface area contributed by atoms with Crippen LogP contribution in [0.2, 0.25) is 0 Å². The van der Waals surface area contributed by atoms with Crippen LogP contribution < -0.4 is 9.96 Å². The zero-order valence-electron chi connectivity index (χ0n) is 8.49. The third kappa shape index (κ3) is 10.1. The molecule has 0 amide bonds. The molecule has 68 valence electrons. The molecule has 0 radical (unpaired) electrons. The van der Waals surface area contributed by atoms with Crippen molar-refractivity contribution in [3.05, 3.63) is 0 Å². The van der Waals surface area contributed by atoms with Gasteiger partial charge >= 0.3 is 0 Å². The summed E-state index contributed by atoms with van der Waals surface area (Å²) >= 11 is 0. The molecule has 0 atom stereocenters.